The summed E-state index contributed by atoms with van der Waals surface area (Å²) in [5.41, 5.74) is 3.70. The van der Waals surface area contributed by atoms with Gasteiger partial charge in [-0.25, -0.2) is 9.97 Å². The van der Waals surface area contributed by atoms with E-state index in [9.17, 15) is 0 Å². The molecule has 0 radical (unpaired) electrons. The molecule has 10 heteroatoms. The molecular weight excluding hydrogens is 604 g/mol. The summed E-state index contributed by atoms with van der Waals surface area (Å²) in [7, 11) is 1.44. The molecule has 0 spiro atoms. The number of nitrogens with one attached hydrogen (secondary N) is 1. The molecule has 0 saturated heterocycles. The van der Waals surface area contributed by atoms with Gasteiger partial charge in [0.2, 0.25) is 5.05 Å². The summed E-state index contributed by atoms with van der Waals surface area (Å²) in [4.78, 5) is 14.5. The Morgan fingerprint density at radius 2 is 1.33 bits per heavy atom. The third-order valence-corrected chi connectivity index (χ3v) is 8.92. The molecule has 42 heavy (non-hydrogen) atoms. The van der Waals surface area contributed by atoms with Crippen LogP contribution >= 0.6 is 46.5 Å². The quantitative estimate of drug-likeness (QED) is 0.0750. The number of oxime groups is 1. The summed E-state index contributed by atoms with van der Waals surface area (Å²) in [6.07, 6.45) is 0. The smallest absolute Gasteiger partial charge is 0.280 e. The number of fused-ring (bicyclic) bond motifs is 1. The highest BCUT2D eigenvalue weighted by molar-refractivity contribution is 7.81. The van der Waals surface area contributed by atoms with Crippen LogP contribution in [0.2, 0.25) is 4.34 Å². The first-order chi connectivity index (χ1) is 20.6. The molecule has 0 fully saturated rings. The third-order valence-electron chi connectivity index (χ3n) is 6.56. The van der Waals surface area contributed by atoms with Gasteiger partial charge < -0.3 is 14.9 Å². The molecule has 0 amide bonds. The highest BCUT2D eigenvalue weighted by Gasteiger charge is 2.37. The van der Waals surface area contributed by atoms with Gasteiger partial charge >= 0.3 is 0 Å². The van der Waals surface area contributed by atoms with Crippen molar-refractivity contribution in [3.8, 4) is 5.19 Å². The van der Waals surface area contributed by atoms with Gasteiger partial charge in [-0.2, -0.15) is 0 Å². The third kappa shape index (κ3) is 5.52. The van der Waals surface area contributed by atoms with Crippen LogP contribution in [0.25, 0.3) is 10.2 Å². The Morgan fingerprint density at radius 1 is 0.786 bits per heavy atom. The minimum Gasteiger partial charge on any atom is -0.416 e. The van der Waals surface area contributed by atoms with E-state index in [0.717, 1.165) is 26.9 Å². The first kappa shape index (κ1) is 28.0. The Kier molecular flexibility index (Phi) is 8.25. The van der Waals surface area contributed by atoms with Crippen LogP contribution in [0.4, 0.5) is 5.13 Å². The standard InChI is InChI=1S/C32H23ClN4O2S3/c1-38-37-27(29(40)39-31-34-24-19-11-12-20-25(24)41-31)26-28(33)42-30(35-26)36-32(21-13-5-2-6-14-21,22-15-7-3-8-16-22)23-17-9-4-10-18-23/h2-20H,1H3,(H,35,36). The molecule has 4 aromatic carbocycles. The number of thiazole rings is 2. The van der Waals surface area contributed by atoms with E-state index in [1.165, 1.54) is 29.8 Å². The summed E-state index contributed by atoms with van der Waals surface area (Å²) < 4.78 is 7.32. The zero-order valence-corrected chi connectivity index (χ0v) is 25.4. The van der Waals surface area contributed by atoms with Crippen molar-refractivity contribution in [2.45, 2.75) is 5.54 Å². The molecule has 0 unspecified atom stereocenters. The van der Waals surface area contributed by atoms with Crippen molar-refractivity contribution in [1.29, 1.82) is 0 Å². The van der Waals surface area contributed by atoms with Crippen molar-refractivity contribution in [3.05, 3.63) is 142 Å². The second-order valence-corrected chi connectivity index (χ2v) is 12.0. The number of anilines is 1. The number of hydrogen-bond acceptors (Lipinski definition) is 9. The zero-order valence-electron chi connectivity index (χ0n) is 22.2. The van der Waals surface area contributed by atoms with Gasteiger partial charge in [0.1, 0.15) is 22.7 Å². The predicted octanol–water partition coefficient (Wildman–Crippen LogP) is 8.57. The maximum Gasteiger partial charge on any atom is 0.280 e. The SMILES string of the molecule is CON=C(C(=S)Oc1nc2ccccc2s1)c1nc(NC(c2ccccc2)(c2ccccc2)c2ccccc2)sc1Cl. The Bertz CT molecular complexity index is 1730. The summed E-state index contributed by atoms with van der Waals surface area (Å²) in [6.45, 7) is 0. The molecule has 0 bridgehead atoms. The molecular formula is C32H23ClN4O2S3. The lowest BCUT2D eigenvalue weighted by Crippen LogP contribution is -2.38. The number of ether oxygens (including phenoxy) is 1. The maximum atomic E-state index is 6.81. The van der Waals surface area contributed by atoms with Crippen LogP contribution in [0.15, 0.2) is 120 Å². The monoisotopic (exact) mass is 626 g/mol. The van der Waals surface area contributed by atoms with Crippen LogP contribution in [0.3, 0.4) is 0 Å². The summed E-state index contributed by atoms with van der Waals surface area (Å²) >= 11 is 15.1. The van der Waals surface area contributed by atoms with E-state index in [1.807, 2.05) is 78.9 Å². The van der Waals surface area contributed by atoms with Gasteiger partial charge in [0.15, 0.2) is 10.8 Å². The lowest BCUT2D eigenvalue weighted by molar-refractivity contribution is 0.214. The topological polar surface area (TPSA) is 68.6 Å². The predicted molar refractivity (Wildman–Crippen MR) is 176 cm³/mol. The van der Waals surface area contributed by atoms with Gasteiger partial charge in [0.05, 0.1) is 10.2 Å². The lowest BCUT2D eigenvalue weighted by atomic mass is 9.77. The van der Waals surface area contributed by atoms with Gasteiger partial charge in [-0.05, 0) is 41.0 Å². The molecule has 1 N–H and O–H groups in total. The first-order valence-electron chi connectivity index (χ1n) is 12.9. The second-order valence-electron chi connectivity index (χ2n) is 9.07. The highest BCUT2D eigenvalue weighted by Crippen LogP contribution is 2.42. The van der Waals surface area contributed by atoms with E-state index < -0.39 is 5.54 Å². The van der Waals surface area contributed by atoms with Crippen molar-refractivity contribution in [1.82, 2.24) is 9.97 Å². The number of nitrogens with zero attached hydrogens (tertiary/aromatic N) is 3. The average molecular weight is 627 g/mol. The summed E-state index contributed by atoms with van der Waals surface area (Å²) in [5.74, 6) is 0. The summed E-state index contributed by atoms with van der Waals surface area (Å²) in [5, 5.41) is 8.90. The second kappa shape index (κ2) is 12.4. The van der Waals surface area contributed by atoms with Crippen LogP contribution in [-0.2, 0) is 10.4 Å². The molecule has 2 heterocycles. The van der Waals surface area contributed by atoms with E-state index in [1.54, 1.807) is 0 Å². The molecule has 208 valence electrons. The fourth-order valence-corrected chi connectivity index (χ4v) is 6.92. The molecule has 6 nitrogen and oxygen atoms in total. The number of para-hydroxylation sites is 1. The lowest BCUT2D eigenvalue weighted by Gasteiger charge is -2.36. The van der Waals surface area contributed by atoms with Crippen molar-refractivity contribution in [2.24, 2.45) is 5.16 Å². The fourth-order valence-electron chi connectivity index (χ4n) is 4.73. The molecule has 6 rings (SSSR count). The Labute approximate surface area is 261 Å². The molecule has 2 aromatic heterocycles. The van der Waals surface area contributed by atoms with E-state index in [0.29, 0.717) is 20.4 Å². The van der Waals surface area contributed by atoms with Gasteiger partial charge in [-0.1, -0.05) is 143 Å². The van der Waals surface area contributed by atoms with Gasteiger partial charge in [-0.15, -0.1) is 0 Å². The Morgan fingerprint density at radius 3 is 1.88 bits per heavy atom. The van der Waals surface area contributed by atoms with Crippen LogP contribution < -0.4 is 10.1 Å². The van der Waals surface area contributed by atoms with Crippen molar-refractivity contribution in [2.75, 3.05) is 12.4 Å². The zero-order chi connectivity index (χ0) is 28.9. The van der Waals surface area contributed by atoms with Crippen molar-refractivity contribution in [3.63, 3.8) is 0 Å². The summed E-state index contributed by atoms with van der Waals surface area (Å²) in [6, 6.07) is 38.5. The van der Waals surface area contributed by atoms with Gasteiger partial charge in [-0.3, -0.25) is 0 Å². The first-order valence-corrected chi connectivity index (χ1v) is 15.3. The van der Waals surface area contributed by atoms with Crippen molar-refractivity contribution >= 4 is 72.6 Å². The minimum atomic E-state index is -0.779. The molecule has 0 atom stereocenters. The highest BCUT2D eigenvalue weighted by atomic mass is 35.5. The molecule has 0 aliphatic carbocycles. The molecule has 6 aromatic rings. The minimum absolute atomic E-state index is 0.0510. The number of hydrogen-bond donors (Lipinski definition) is 1. The van der Waals surface area contributed by atoms with E-state index in [2.05, 4.69) is 51.9 Å². The molecule has 0 aliphatic rings. The largest absolute Gasteiger partial charge is 0.416 e. The van der Waals surface area contributed by atoms with Crippen LogP contribution in [0.1, 0.15) is 22.4 Å². The number of rotatable bonds is 9. The number of halogens is 1. The van der Waals surface area contributed by atoms with Crippen LogP contribution in [0.5, 0.6) is 5.19 Å². The van der Waals surface area contributed by atoms with E-state index in [4.69, 9.17) is 38.4 Å². The average Bonchev–Trinajstić information content (AvgIpc) is 3.61. The normalized spacial score (nSPS) is 11.8. The van der Waals surface area contributed by atoms with E-state index in [-0.39, 0.29) is 10.8 Å². The van der Waals surface area contributed by atoms with Crippen LogP contribution in [-0.4, -0.2) is 27.8 Å². The van der Waals surface area contributed by atoms with Gasteiger partial charge in [0.25, 0.3) is 5.19 Å². The van der Waals surface area contributed by atoms with Gasteiger partial charge in [0, 0.05) is 0 Å². The fraction of sp³-hybridized carbons (Fsp3) is 0.0625. The van der Waals surface area contributed by atoms with E-state index >= 15 is 0 Å². The molecule has 0 saturated carbocycles. The van der Waals surface area contributed by atoms with Crippen molar-refractivity contribution < 1.29 is 9.57 Å². The number of thiocarbonyl (C=S) groups is 1. The number of benzene rings is 4. The Hall–Kier alpha value is -4.15. The van der Waals surface area contributed by atoms with Crippen LogP contribution in [0, 0.1) is 0 Å². The Balaban J connectivity index is 1.41. The maximum absolute atomic E-state index is 6.81. The molecule has 0 aliphatic heterocycles. The number of aromatic nitrogens is 2.